The molecule has 84 valence electrons. The molecule has 0 fully saturated rings. The molecule has 0 radical (unpaired) electrons. The Morgan fingerprint density at radius 2 is 2.12 bits per heavy atom. The van der Waals surface area contributed by atoms with Crippen LogP contribution in [0.15, 0.2) is 30.6 Å². The van der Waals surface area contributed by atoms with E-state index in [4.69, 9.17) is 15.7 Å². The van der Waals surface area contributed by atoms with E-state index >= 15 is 0 Å². The van der Waals surface area contributed by atoms with Gasteiger partial charge < -0.3 is 10.5 Å². The molecule has 0 spiro atoms. The maximum atomic E-state index is 8.96. The molecule has 1 heterocycles. The van der Waals surface area contributed by atoms with E-state index in [2.05, 4.69) is 9.97 Å². The summed E-state index contributed by atoms with van der Waals surface area (Å²) in [7, 11) is 0. The maximum absolute atomic E-state index is 8.96. The summed E-state index contributed by atoms with van der Waals surface area (Å²) in [5.41, 5.74) is 7.28. The maximum Gasteiger partial charge on any atom is 0.222 e. The highest BCUT2D eigenvalue weighted by atomic mass is 16.5. The molecule has 0 bridgehead atoms. The van der Waals surface area contributed by atoms with Gasteiger partial charge in [-0.2, -0.15) is 5.26 Å². The number of nitrogens with two attached hydrogens (primary N) is 1. The van der Waals surface area contributed by atoms with Crippen LogP contribution >= 0.6 is 0 Å². The van der Waals surface area contributed by atoms with E-state index in [1.54, 1.807) is 24.3 Å². The summed E-state index contributed by atoms with van der Waals surface area (Å²) >= 11 is 0. The lowest BCUT2D eigenvalue weighted by Crippen LogP contribution is -1.94. The van der Waals surface area contributed by atoms with Gasteiger partial charge in [0.05, 0.1) is 5.56 Å². The zero-order valence-corrected chi connectivity index (χ0v) is 9.21. The third-order valence-electron chi connectivity index (χ3n) is 2.12. The first-order valence-corrected chi connectivity index (χ1v) is 4.95. The van der Waals surface area contributed by atoms with Gasteiger partial charge in [-0.05, 0) is 25.1 Å². The number of nitrogen functional groups attached to an aromatic ring is 1. The number of nitriles is 1. The highest BCUT2D eigenvalue weighted by molar-refractivity contribution is 5.53. The third-order valence-corrected chi connectivity index (χ3v) is 2.12. The average Bonchev–Trinajstić information content (AvgIpc) is 2.31. The van der Waals surface area contributed by atoms with Crippen molar-refractivity contribution in [2.45, 2.75) is 6.92 Å². The lowest BCUT2D eigenvalue weighted by molar-refractivity contribution is 0.459. The molecule has 2 rings (SSSR count). The summed E-state index contributed by atoms with van der Waals surface area (Å²) in [5, 5.41) is 8.96. The van der Waals surface area contributed by atoms with Crippen molar-refractivity contribution in [3.05, 3.63) is 41.9 Å². The van der Waals surface area contributed by atoms with Crippen LogP contribution in [-0.4, -0.2) is 9.97 Å². The zero-order valence-electron chi connectivity index (χ0n) is 9.21. The fraction of sp³-hybridized carbons (Fsp3) is 0.0833. The van der Waals surface area contributed by atoms with Crippen LogP contribution in [0.1, 0.15) is 11.3 Å². The summed E-state index contributed by atoms with van der Waals surface area (Å²) < 4.78 is 5.51. The van der Waals surface area contributed by atoms with E-state index in [1.807, 2.05) is 13.0 Å². The normalized spacial score (nSPS) is 9.65. The number of hydrogen-bond donors (Lipinski definition) is 1. The highest BCUT2D eigenvalue weighted by Crippen LogP contribution is 2.25. The van der Waals surface area contributed by atoms with Crippen LogP contribution in [0.3, 0.4) is 0 Å². The van der Waals surface area contributed by atoms with Crippen molar-refractivity contribution < 1.29 is 4.74 Å². The van der Waals surface area contributed by atoms with Crippen LogP contribution in [0.25, 0.3) is 0 Å². The molecule has 0 amide bonds. The lowest BCUT2D eigenvalue weighted by atomic mass is 10.2. The van der Waals surface area contributed by atoms with E-state index in [1.165, 1.54) is 6.33 Å². The van der Waals surface area contributed by atoms with Crippen molar-refractivity contribution in [2.75, 3.05) is 5.73 Å². The lowest BCUT2D eigenvalue weighted by Gasteiger charge is -2.06. The van der Waals surface area contributed by atoms with Gasteiger partial charge in [-0.15, -0.1) is 0 Å². The summed E-state index contributed by atoms with van der Waals surface area (Å²) in [6.45, 7) is 1.84. The Balaban J connectivity index is 2.34. The Hall–Kier alpha value is -2.61. The number of aromatic nitrogens is 2. The van der Waals surface area contributed by atoms with Crippen LogP contribution in [0.2, 0.25) is 0 Å². The Morgan fingerprint density at radius 3 is 2.82 bits per heavy atom. The first-order valence-electron chi connectivity index (χ1n) is 4.95. The predicted molar refractivity (Wildman–Crippen MR) is 62.4 cm³/mol. The second-order valence-corrected chi connectivity index (χ2v) is 3.47. The second kappa shape index (κ2) is 4.49. The van der Waals surface area contributed by atoms with E-state index in [0.29, 0.717) is 22.9 Å². The van der Waals surface area contributed by atoms with Crippen LogP contribution in [0.4, 0.5) is 5.69 Å². The van der Waals surface area contributed by atoms with Gasteiger partial charge in [-0.25, -0.2) is 9.97 Å². The molecule has 1 aromatic carbocycles. The molecule has 0 saturated carbocycles. The Bertz CT molecular complexity index is 589. The molecule has 0 aliphatic heterocycles. The molecule has 0 unspecified atom stereocenters. The van der Waals surface area contributed by atoms with Crippen molar-refractivity contribution in [2.24, 2.45) is 0 Å². The standard InChI is InChI=1S/C12H10N4O/c1-8-4-12(16-7-15-8)17-11-3-2-10(14)5-9(11)6-13/h2-5,7H,14H2,1H3. The molecule has 17 heavy (non-hydrogen) atoms. The number of nitrogens with zero attached hydrogens (tertiary/aromatic N) is 3. The molecule has 5 heteroatoms. The van der Waals surface area contributed by atoms with Gasteiger partial charge in [0.15, 0.2) is 0 Å². The van der Waals surface area contributed by atoms with Crippen molar-refractivity contribution in [3.8, 4) is 17.7 Å². The summed E-state index contributed by atoms with van der Waals surface area (Å²) in [6, 6.07) is 8.59. The molecule has 0 aliphatic rings. The molecule has 5 nitrogen and oxygen atoms in total. The number of rotatable bonds is 2. The first-order chi connectivity index (χ1) is 8.19. The molecule has 1 aromatic heterocycles. The second-order valence-electron chi connectivity index (χ2n) is 3.47. The largest absolute Gasteiger partial charge is 0.438 e. The van der Waals surface area contributed by atoms with Crippen LogP contribution in [-0.2, 0) is 0 Å². The van der Waals surface area contributed by atoms with Gasteiger partial charge in [0, 0.05) is 17.4 Å². The first kappa shape index (κ1) is 10.9. The van der Waals surface area contributed by atoms with Crippen LogP contribution in [0, 0.1) is 18.3 Å². The van der Waals surface area contributed by atoms with E-state index in [-0.39, 0.29) is 0 Å². The van der Waals surface area contributed by atoms with Crippen molar-refractivity contribution in [1.29, 1.82) is 5.26 Å². The molecule has 2 aromatic rings. The minimum Gasteiger partial charge on any atom is -0.438 e. The summed E-state index contributed by atoms with van der Waals surface area (Å²) in [5.74, 6) is 0.832. The van der Waals surface area contributed by atoms with E-state index in [9.17, 15) is 0 Å². The highest BCUT2D eigenvalue weighted by Gasteiger charge is 2.06. The van der Waals surface area contributed by atoms with Crippen LogP contribution < -0.4 is 10.5 Å². The van der Waals surface area contributed by atoms with Gasteiger partial charge in [0.2, 0.25) is 5.88 Å². The van der Waals surface area contributed by atoms with Crippen molar-refractivity contribution in [3.63, 3.8) is 0 Å². The van der Waals surface area contributed by atoms with Crippen molar-refractivity contribution in [1.82, 2.24) is 9.97 Å². The molecular formula is C12H10N4O. The summed E-state index contributed by atoms with van der Waals surface area (Å²) in [6.07, 6.45) is 1.41. The van der Waals surface area contributed by atoms with Crippen molar-refractivity contribution >= 4 is 5.69 Å². The SMILES string of the molecule is Cc1cc(Oc2ccc(N)cc2C#N)ncn1. The smallest absolute Gasteiger partial charge is 0.222 e. The van der Waals surface area contributed by atoms with Gasteiger partial charge in [-0.3, -0.25) is 0 Å². The molecule has 0 saturated heterocycles. The minimum absolute atomic E-state index is 0.376. The summed E-state index contributed by atoms with van der Waals surface area (Å²) in [4.78, 5) is 7.92. The molecule has 0 aliphatic carbocycles. The number of ether oxygens (including phenoxy) is 1. The van der Waals surface area contributed by atoms with Gasteiger partial charge in [0.1, 0.15) is 18.1 Å². The Kier molecular flexibility index (Phi) is 2.88. The zero-order chi connectivity index (χ0) is 12.3. The number of aryl methyl sites for hydroxylation is 1. The number of hydrogen-bond acceptors (Lipinski definition) is 5. The predicted octanol–water partition coefficient (Wildman–Crippen LogP) is 2.03. The van der Waals surface area contributed by atoms with Gasteiger partial charge in [0.25, 0.3) is 0 Å². The van der Waals surface area contributed by atoms with E-state index < -0.39 is 0 Å². The molecule has 2 N–H and O–H groups in total. The monoisotopic (exact) mass is 226 g/mol. The third kappa shape index (κ3) is 2.49. The Morgan fingerprint density at radius 1 is 1.29 bits per heavy atom. The Labute approximate surface area is 98.5 Å². The van der Waals surface area contributed by atoms with Gasteiger partial charge in [-0.1, -0.05) is 0 Å². The minimum atomic E-state index is 0.376. The molecule has 0 atom stereocenters. The van der Waals surface area contributed by atoms with E-state index in [0.717, 1.165) is 5.69 Å². The van der Waals surface area contributed by atoms with Gasteiger partial charge >= 0.3 is 0 Å². The molecular weight excluding hydrogens is 216 g/mol. The topological polar surface area (TPSA) is 84.8 Å². The fourth-order valence-electron chi connectivity index (χ4n) is 1.32. The quantitative estimate of drug-likeness (QED) is 0.792. The van der Waals surface area contributed by atoms with Crippen LogP contribution in [0.5, 0.6) is 11.6 Å². The number of anilines is 1. The number of benzene rings is 1. The average molecular weight is 226 g/mol. The fourth-order valence-corrected chi connectivity index (χ4v) is 1.32.